The number of hydrogen-bond acceptors (Lipinski definition) is 3. The molecular formula is C15H24N2O2. The van der Waals surface area contributed by atoms with Crippen molar-refractivity contribution in [3.05, 3.63) is 24.3 Å². The number of benzene rings is 1. The fraction of sp³-hybridized carbons (Fsp3) is 0.533. The van der Waals surface area contributed by atoms with Crippen LogP contribution in [0.15, 0.2) is 24.3 Å². The molecule has 0 aliphatic rings. The quantitative estimate of drug-likeness (QED) is 0.796. The van der Waals surface area contributed by atoms with E-state index in [0.717, 1.165) is 24.3 Å². The first-order valence-electron chi connectivity index (χ1n) is 6.81. The Morgan fingerprint density at radius 1 is 1.21 bits per heavy atom. The molecule has 0 aliphatic carbocycles. The van der Waals surface area contributed by atoms with Gasteiger partial charge in [-0.15, -0.1) is 0 Å². The lowest BCUT2D eigenvalue weighted by Gasteiger charge is -2.20. The van der Waals surface area contributed by atoms with Crippen LogP contribution in [0, 0.1) is 0 Å². The van der Waals surface area contributed by atoms with E-state index >= 15 is 0 Å². The number of amides is 1. The van der Waals surface area contributed by atoms with Crippen molar-refractivity contribution in [2.75, 3.05) is 12.4 Å². The van der Waals surface area contributed by atoms with E-state index in [-0.39, 0.29) is 18.0 Å². The van der Waals surface area contributed by atoms with Gasteiger partial charge in [-0.1, -0.05) is 13.8 Å². The lowest BCUT2D eigenvalue weighted by molar-refractivity contribution is -0.122. The first-order valence-corrected chi connectivity index (χ1v) is 6.81. The highest BCUT2D eigenvalue weighted by atomic mass is 16.5. The molecule has 0 aliphatic heterocycles. The van der Waals surface area contributed by atoms with Crippen molar-refractivity contribution < 1.29 is 9.53 Å². The van der Waals surface area contributed by atoms with Crippen LogP contribution in [0.2, 0.25) is 0 Å². The monoisotopic (exact) mass is 264 g/mol. The van der Waals surface area contributed by atoms with Crippen molar-refractivity contribution in [2.45, 2.75) is 45.7 Å². The van der Waals surface area contributed by atoms with Gasteiger partial charge in [-0.3, -0.25) is 4.79 Å². The Balaban J connectivity index is 2.53. The molecule has 0 saturated heterocycles. The number of carbonyl (C=O) groups excluding carboxylic acids is 1. The molecule has 4 heteroatoms. The zero-order valence-corrected chi connectivity index (χ0v) is 12.2. The van der Waals surface area contributed by atoms with Gasteiger partial charge in [0.25, 0.3) is 0 Å². The molecule has 2 N–H and O–H groups in total. The molecule has 1 aromatic carbocycles. The second-order valence-electron chi connectivity index (χ2n) is 4.62. The van der Waals surface area contributed by atoms with Gasteiger partial charge < -0.3 is 15.4 Å². The third-order valence-electron chi connectivity index (χ3n) is 3.20. The highest BCUT2D eigenvalue weighted by molar-refractivity contribution is 5.84. The predicted molar refractivity (Wildman–Crippen MR) is 78.6 cm³/mol. The van der Waals surface area contributed by atoms with Crippen LogP contribution in [0.25, 0.3) is 0 Å². The minimum absolute atomic E-state index is 0.0320. The molecule has 0 aromatic heterocycles. The lowest BCUT2D eigenvalue weighted by Crippen LogP contribution is -2.42. The Morgan fingerprint density at radius 3 is 2.26 bits per heavy atom. The smallest absolute Gasteiger partial charge is 0.242 e. The summed E-state index contributed by atoms with van der Waals surface area (Å²) in [6, 6.07) is 7.54. The number of anilines is 1. The molecule has 0 bridgehead atoms. The Morgan fingerprint density at radius 2 is 1.79 bits per heavy atom. The molecule has 0 spiro atoms. The number of rotatable bonds is 7. The van der Waals surface area contributed by atoms with Gasteiger partial charge in [0.05, 0.1) is 7.11 Å². The van der Waals surface area contributed by atoms with Crippen LogP contribution in [-0.4, -0.2) is 25.1 Å². The van der Waals surface area contributed by atoms with Crippen LogP contribution in [0.5, 0.6) is 5.75 Å². The molecule has 1 unspecified atom stereocenters. The molecule has 106 valence electrons. The molecule has 0 radical (unpaired) electrons. The normalized spacial score (nSPS) is 12.1. The van der Waals surface area contributed by atoms with Gasteiger partial charge in [0.15, 0.2) is 0 Å². The number of hydrogen-bond donors (Lipinski definition) is 2. The van der Waals surface area contributed by atoms with E-state index in [4.69, 9.17) is 4.74 Å². The van der Waals surface area contributed by atoms with Gasteiger partial charge in [0, 0.05) is 11.7 Å². The fourth-order valence-corrected chi connectivity index (χ4v) is 1.82. The van der Waals surface area contributed by atoms with Crippen LogP contribution in [0.4, 0.5) is 5.69 Å². The summed E-state index contributed by atoms with van der Waals surface area (Å²) in [4.78, 5) is 12.0. The van der Waals surface area contributed by atoms with E-state index in [2.05, 4.69) is 24.5 Å². The summed E-state index contributed by atoms with van der Waals surface area (Å²) in [7, 11) is 1.63. The number of ether oxygens (including phenoxy) is 1. The van der Waals surface area contributed by atoms with Crippen molar-refractivity contribution >= 4 is 11.6 Å². The maximum atomic E-state index is 12.0. The summed E-state index contributed by atoms with van der Waals surface area (Å²) in [5, 5.41) is 6.21. The van der Waals surface area contributed by atoms with Crippen molar-refractivity contribution in [2.24, 2.45) is 0 Å². The lowest BCUT2D eigenvalue weighted by atomic mass is 10.1. The van der Waals surface area contributed by atoms with E-state index in [1.165, 1.54) is 0 Å². The summed E-state index contributed by atoms with van der Waals surface area (Å²) in [6.07, 6.45) is 1.91. The Hall–Kier alpha value is -1.71. The molecule has 0 heterocycles. The van der Waals surface area contributed by atoms with Gasteiger partial charge in [-0.2, -0.15) is 0 Å². The average Bonchev–Trinajstić information content (AvgIpc) is 2.45. The molecule has 1 amide bonds. The summed E-state index contributed by atoms with van der Waals surface area (Å²) in [5.41, 5.74) is 0.910. The Kier molecular flexibility index (Phi) is 6.19. The van der Waals surface area contributed by atoms with E-state index in [1.54, 1.807) is 7.11 Å². The molecule has 0 saturated carbocycles. The van der Waals surface area contributed by atoms with Crippen LogP contribution in [-0.2, 0) is 4.79 Å². The Bertz CT molecular complexity index is 386. The highest BCUT2D eigenvalue weighted by Crippen LogP contribution is 2.15. The average molecular weight is 264 g/mol. The van der Waals surface area contributed by atoms with Gasteiger partial charge in [-0.05, 0) is 44.0 Å². The van der Waals surface area contributed by atoms with E-state index in [9.17, 15) is 4.79 Å². The molecule has 0 fully saturated rings. The van der Waals surface area contributed by atoms with Gasteiger partial charge in [0.1, 0.15) is 11.8 Å². The van der Waals surface area contributed by atoms with Crippen LogP contribution < -0.4 is 15.4 Å². The second kappa shape index (κ2) is 7.67. The van der Waals surface area contributed by atoms with Crippen LogP contribution >= 0.6 is 0 Å². The largest absolute Gasteiger partial charge is 0.497 e. The van der Waals surface area contributed by atoms with Gasteiger partial charge in [0.2, 0.25) is 5.91 Å². The maximum Gasteiger partial charge on any atom is 0.242 e. The SMILES string of the molecule is CCC(CC)NC(=O)C(C)Nc1ccc(OC)cc1. The fourth-order valence-electron chi connectivity index (χ4n) is 1.82. The minimum Gasteiger partial charge on any atom is -0.497 e. The topological polar surface area (TPSA) is 50.4 Å². The van der Waals surface area contributed by atoms with Crippen molar-refractivity contribution in [1.82, 2.24) is 5.32 Å². The third kappa shape index (κ3) is 4.81. The predicted octanol–water partition coefficient (Wildman–Crippen LogP) is 2.80. The molecule has 1 atom stereocenters. The number of methoxy groups -OCH3 is 1. The Labute approximate surface area is 115 Å². The van der Waals surface area contributed by atoms with Crippen LogP contribution in [0.1, 0.15) is 33.6 Å². The molecule has 19 heavy (non-hydrogen) atoms. The summed E-state index contributed by atoms with van der Waals surface area (Å²) < 4.78 is 5.10. The standard InChI is InChI=1S/C15H24N2O2/c1-5-12(6-2)17-15(18)11(3)16-13-7-9-14(19-4)10-8-13/h7-12,16H,5-6H2,1-4H3,(H,17,18). The van der Waals surface area contributed by atoms with Gasteiger partial charge in [-0.25, -0.2) is 0 Å². The first kappa shape index (κ1) is 15.3. The number of carbonyl (C=O) groups is 1. The molecule has 1 rings (SSSR count). The summed E-state index contributed by atoms with van der Waals surface area (Å²) in [6.45, 7) is 6.02. The number of nitrogens with one attached hydrogen (secondary N) is 2. The first-order chi connectivity index (χ1) is 9.10. The van der Waals surface area contributed by atoms with Crippen LogP contribution in [0.3, 0.4) is 0 Å². The van der Waals surface area contributed by atoms with Crippen molar-refractivity contribution in [3.8, 4) is 5.75 Å². The maximum absolute atomic E-state index is 12.0. The van der Waals surface area contributed by atoms with E-state index in [0.29, 0.717) is 0 Å². The minimum atomic E-state index is -0.256. The van der Waals surface area contributed by atoms with E-state index < -0.39 is 0 Å². The van der Waals surface area contributed by atoms with Crippen molar-refractivity contribution in [1.29, 1.82) is 0 Å². The van der Waals surface area contributed by atoms with E-state index in [1.807, 2.05) is 31.2 Å². The van der Waals surface area contributed by atoms with Gasteiger partial charge >= 0.3 is 0 Å². The second-order valence-corrected chi connectivity index (χ2v) is 4.62. The zero-order valence-electron chi connectivity index (χ0n) is 12.2. The highest BCUT2D eigenvalue weighted by Gasteiger charge is 2.15. The molecular weight excluding hydrogens is 240 g/mol. The third-order valence-corrected chi connectivity index (χ3v) is 3.20. The summed E-state index contributed by atoms with van der Waals surface area (Å²) in [5.74, 6) is 0.837. The molecule has 4 nitrogen and oxygen atoms in total. The van der Waals surface area contributed by atoms with Crippen molar-refractivity contribution in [3.63, 3.8) is 0 Å². The zero-order chi connectivity index (χ0) is 14.3. The summed E-state index contributed by atoms with van der Waals surface area (Å²) >= 11 is 0. The molecule has 1 aromatic rings.